The maximum absolute atomic E-state index is 9.48. The van der Waals surface area contributed by atoms with Gasteiger partial charge in [-0.25, -0.2) is 4.99 Å². The van der Waals surface area contributed by atoms with Crippen molar-refractivity contribution in [3.05, 3.63) is 0 Å². The van der Waals surface area contributed by atoms with Gasteiger partial charge in [-0.15, -0.1) is 0 Å². The monoisotopic (exact) mass is 423 g/mol. The summed E-state index contributed by atoms with van der Waals surface area (Å²) < 4.78 is 5.68. The van der Waals surface area contributed by atoms with E-state index in [1.807, 2.05) is 0 Å². The largest absolute Gasteiger partial charge is 0.478 e. The second kappa shape index (κ2) is 19.1. The molecular weight excluding hydrogens is 370 g/mol. The molecule has 1 heterocycles. The van der Waals surface area contributed by atoms with E-state index in [0.717, 1.165) is 18.7 Å². The molecule has 3 nitrogen and oxygen atoms in total. The Bertz CT molecular complexity index is 404. The van der Waals surface area contributed by atoms with Crippen LogP contribution in [-0.4, -0.2) is 29.8 Å². The molecule has 1 aliphatic rings. The summed E-state index contributed by atoms with van der Waals surface area (Å²) in [5, 5.41) is 9.48. The first kappa shape index (κ1) is 27.5. The van der Waals surface area contributed by atoms with Crippen molar-refractivity contribution < 1.29 is 9.84 Å². The van der Waals surface area contributed by atoms with E-state index in [1.165, 1.54) is 122 Å². The molecule has 178 valence electrons. The Labute approximate surface area is 188 Å². The van der Waals surface area contributed by atoms with Gasteiger partial charge in [-0.1, -0.05) is 129 Å². The first-order valence-electron chi connectivity index (χ1n) is 13.6. The van der Waals surface area contributed by atoms with Crippen LogP contribution in [0.2, 0.25) is 0 Å². The Morgan fingerprint density at radius 2 is 1.07 bits per heavy atom. The molecule has 30 heavy (non-hydrogen) atoms. The summed E-state index contributed by atoms with van der Waals surface area (Å²) in [4.78, 5) is 4.62. The second-order valence-corrected chi connectivity index (χ2v) is 9.64. The molecule has 1 N–H and O–H groups in total. The van der Waals surface area contributed by atoms with Gasteiger partial charge >= 0.3 is 0 Å². The fourth-order valence-electron chi connectivity index (χ4n) is 4.40. The topological polar surface area (TPSA) is 41.8 Å². The van der Waals surface area contributed by atoms with Gasteiger partial charge in [0.2, 0.25) is 0 Å². The predicted molar refractivity (Wildman–Crippen MR) is 132 cm³/mol. The van der Waals surface area contributed by atoms with Crippen molar-refractivity contribution in [3.63, 3.8) is 0 Å². The third kappa shape index (κ3) is 13.7. The Balaban J connectivity index is 1.75. The number of nitrogens with zero attached hydrogens (tertiary/aromatic N) is 1. The number of ether oxygens (including phenoxy) is 1. The minimum atomic E-state index is -0.344. The van der Waals surface area contributed by atoms with Gasteiger partial charge in [0.15, 0.2) is 5.90 Å². The first-order chi connectivity index (χ1) is 14.8. The van der Waals surface area contributed by atoms with Crippen LogP contribution in [0.25, 0.3) is 0 Å². The highest BCUT2D eigenvalue weighted by atomic mass is 16.5. The number of aliphatic hydroxyl groups excluding tert-OH is 1. The highest BCUT2D eigenvalue weighted by molar-refractivity contribution is 5.78. The van der Waals surface area contributed by atoms with Gasteiger partial charge in [-0.05, 0) is 12.8 Å². The average Bonchev–Trinajstić information content (AvgIpc) is 3.19. The van der Waals surface area contributed by atoms with Crippen molar-refractivity contribution in [2.24, 2.45) is 4.99 Å². The summed E-state index contributed by atoms with van der Waals surface area (Å²) in [5.74, 6) is 0.873. The van der Waals surface area contributed by atoms with Crippen molar-refractivity contribution in [1.82, 2.24) is 0 Å². The molecule has 1 aliphatic heterocycles. The molecular formula is C27H53NO2. The SMILES string of the molecule is CCCCCCCCCCCCCCCCCCCCCC1=NC(CC)(CO)CO1. The molecule has 0 radical (unpaired) electrons. The van der Waals surface area contributed by atoms with Crippen molar-refractivity contribution in [2.45, 2.75) is 154 Å². The predicted octanol–water partition coefficient (Wildman–Crippen LogP) is 8.38. The number of unbranched alkanes of at least 4 members (excludes halogenated alkanes) is 18. The van der Waals surface area contributed by atoms with Gasteiger partial charge in [0.25, 0.3) is 0 Å². The molecule has 0 amide bonds. The Kier molecular flexibility index (Phi) is 17.5. The highest BCUT2D eigenvalue weighted by Gasteiger charge is 2.33. The number of aliphatic imine (C=N–C) groups is 1. The van der Waals surface area contributed by atoms with E-state index in [9.17, 15) is 5.11 Å². The maximum atomic E-state index is 9.48. The Morgan fingerprint density at radius 3 is 1.40 bits per heavy atom. The van der Waals surface area contributed by atoms with Crippen molar-refractivity contribution in [2.75, 3.05) is 13.2 Å². The standard InChI is InChI=1S/C27H53NO2/c1-3-5-6-7-8-9-10-11-12-13-14-15-16-17-18-19-20-21-22-23-26-28-27(4-2,24-29)25-30-26/h29H,3-25H2,1-2H3. The third-order valence-corrected chi connectivity index (χ3v) is 6.82. The fourth-order valence-corrected chi connectivity index (χ4v) is 4.40. The summed E-state index contributed by atoms with van der Waals surface area (Å²) in [6, 6.07) is 0. The summed E-state index contributed by atoms with van der Waals surface area (Å²) >= 11 is 0. The molecule has 1 atom stereocenters. The van der Waals surface area contributed by atoms with Crippen LogP contribution < -0.4 is 0 Å². The number of hydrogen-bond donors (Lipinski definition) is 1. The van der Waals surface area contributed by atoms with E-state index in [2.05, 4.69) is 18.8 Å². The molecule has 0 aromatic rings. The first-order valence-corrected chi connectivity index (χ1v) is 13.6. The minimum Gasteiger partial charge on any atom is -0.478 e. The Morgan fingerprint density at radius 1 is 0.667 bits per heavy atom. The summed E-state index contributed by atoms with van der Waals surface area (Å²) in [5.41, 5.74) is -0.344. The molecule has 0 saturated heterocycles. The van der Waals surface area contributed by atoms with Crippen LogP contribution in [0, 0.1) is 0 Å². The van der Waals surface area contributed by atoms with Gasteiger partial charge in [-0.3, -0.25) is 0 Å². The van der Waals surface area contributed by atoms with Crippen LogP contribution >= 0.6 is 0 Å². The van der Waals surface area contributed by atoms with Crippen LogP contribution in [0.3, 0.4) is 0 Å². The van der Waals surface area contributed by atoms with Crippen molar-refractivity contribution in [3.8, 4) is 0 Å². The minimum absolute atomic E-state index is 0.103. The van der Waals surface area contributed by atoms with Crippen LogP contribution in [-0.2, 0) is 4.74 Å². The van der Waals surface area contributed by atoms with Crippen molar-refractivity contribution in [1.29, 1.82) is 0 Å². The summed E-state index contributed by atoms with van der Waals surface area (Å²) in [7, 11) is 0. The summed E-state index contributed by atoms with van der Waals surface area (Å²) in [6.07, 6.45) is 28.6. The average molecular weight is 424 g/mol. The second-order valence-electron chi connectivity index (χ2n) is 9.64. The van der Waals surface area contributed by atoms with E-state index in [0.29, 0.717) is 6.61 Å². The molecule has 1 unspecified atom stereocenters. The smallest absolute Gasteiger partial charge is 0.184 e. The molecule has 1 rings (SSSR count). The molecule has 0 aromatic heterocycles. The quantitative estimate of drug-likeness (QED) is 0.178. The molecule has 0 aromatic carbocycles. The lowest BCUT2D eigenvalue weighted by Gasteiger charge is -2.17. The van der Waals surface area contributed by atoms with Crippen molar-refractivity contribution >= 4 is 5.90 Å². The van der Waals surface area contributed by atoms with E-state index >= 15 is 0 Å². The number of hydrogen-bond acceptors (Lipinski definition) is 3. The van der Waals surface area contributed by atoms with Crippen LogP contribution in [0.4, 0.5) is 0 Å². The lowest BCUT2D eigenvalue weighted by molar-refractivity contribution is 0.153. The molecule has 0 bridgehead atoms. The number of aliphatic hydroxyl groups is 1. The van der Waals surface area contributed by atoms with Gasteiger partial charge in [0.1, 0.15) is 12.1 Å². The van der Waals surface area contributed by atoms with Gasteiger partial charge in [-0.2, -0.15) is 0 Å². The van der Waals surface area contributed by atoms with Gasteiger partial charge in [0.05, 0.1) is 6.61 Å². The Hall–Kier alpha value is -0.570. The van der Waals surface area contributed by atoms with Crippen LogP contribution in [0.5, 0.6) is 0 Å². The lowest BCUT2D eigenvalue weighted by Crippen LogP contribution is -2.31. The maximum Gasteiger partial charge on any atom is 0.184 e. The zero-order valence-corrected chi connectivity index (χ0v) is 20.6. The van der Waals surface area contributed by atoms with E-state index in [4.69, 9.17) is 4.74 Å². The summed E-state index contributed by atoms with van der Waals surface area (Å²) in [6.45, 7) is 5.03. The molecule has 0 saturated carbocycles. The molecule has 0 fully saturated rings. The third-order valence-electron chi connectivity index (χ3n) is 6.82. The molecule has 0 aliphatic carbocycles. The fraction of sp³-hybridized carbons (Fsp3) is 0.963. The molecule has 3 heteroatoms. The van der Waals surface area contributed by atoms with Gasteiger partial charge in [0, 0.05) is 6.42 Å². The van der Waals surface area contributed by atoms with Gasteiger partial charge < -0.3 is 9.84 Å². The van der Waals surface area contributed by atoms with E-state index in [1.54, 1.807) is 0 Å². The zero-order valence-electron chi connectivity index (χ0n) is 20.6. The van der Waals surface area contributed by atoms with E-state index < -0.39 is 0 Å². The highest BCUT2D eigenvalue weighted by Crippen LogP contribution is 2.24. The normalized spacial score (nSPS) is 18.6. The van der Waals surface area contributed by atoms with Crippen LogP contribution in [0.1, 0.15) is 149 Å². The van der Waals surface area contributed by atoms with Crippen LogP contribution in [0.15, 0.2) is 4.99 Å². The lowest BCUT2D eigenvalue weighted by atomic mass is 10.0. The van der Waals surface area contributed by atoms with E-state index in [-0.39, 0.29) is 12.1 Å². The molecule has 0 spiro atoms. The number of rotatable bonds is 22. The zero-order chi connectivity index (χ0) is 21.8.